The van der Waals surface area contributed by atoms with Gasteiger partial charge in [0, 0.05) is 10.8 Å². The van der Waals surface area contributed by atoms with Crippen molar-refractivity contribution in [2.45, 2.75) is 6.42 Å². The van der Waals surface area contributed by atoms with Gasteiger partial charge in [-0.2, -0.15) is 0 Å². The van der Waals surface area contributed by atoms with Gasteiger partial charge in [-0.15, -0.1) is 35.4 Å². The fraction of sp³-hybridized carbons (Fsp3) is 0.0169. The Hall–Kier alpha value is -5.76. The third-order valence-corrected chi connectivity index (χ3v) is 17.0. The molecule has 10 aromatic rings. The molecule has 1 aliphatic rings. The number of fused-ring (bicyclic) bond motifs is 6. The van der Waals surface area contributed by atoms with Crippen molar-refractivity contribution in [2.75, 3.05) is 0 Å². The third kappa shape index (κ3) is 10.3. The standard InChI is InChI=1S/C30H24P2.C15H9.C14H7O.2Au/c1-5-15-25(16-6-1)31(26-17-7-2-8-18-26)29-23-13-14-24-30(29)32(27-19-9-3-10-20-27)28-21-11-4-12-22-28;1-2-11-7-8-13-10-12-5-3-4-6-14(12)15(13)9-11;1-2-10-7-8-14-12(9-10)11-5-3-4-6-13(11)15-14;;/h1-24H;3-9H,10H2;3-9H;;/q;2*-1;2*+1/p+2. The molecule has 0 fully saturated rings. The Morgan fingerprint density at radius 3 is 1.30 bits per heavy atom. The Kier molecular flexibility index (Phi) is 16.1. The summed E-state index contributed by atoms with van der Waals surface area (Å²) in [7, 11) is -2.28. The summed E-state index contributed by atoms with van der Waals surface area (Å²) in [5, 5.41) is 10.8. The first-order valence-electron chi connectivity index (χ1n) is 20.7. The van der Waals surface area contributed by atoms with E-state index in [2.05, 4.69) is 188 Å². The Bertz CT molecular complexity index is 3010. The molecule has 64 heavy (non-hydrogen) atoms. The predicted octanol–water partition coefficient (Wildman–Crippen LogP) is 11.4. The number of para-hydroxylation sites is 1. The third-order valence-electron chi connectivity index (χ3n) is 11.2. The Morgan fingerprint density at radius 1 is 0.359 bits per heavy atom. The van der Waals surface area contributed by atoms with Gasteiger partial charge in [-0.1, -0.05) is 133 Å². The van der Waals surface area contributed by atoms with Crippen molar-refractivity contribution >= 4 is 69.6 Å². The molecule has 5 heteroatoms. The molecular formula is C59H42Au2OP2+2. The summed E-state index contributed by atoms with van der Waals surface area (Å²) in [5.74, 6) is 4.82. The second-order valence-corrected chi connectivity index (χ2v) is 19.9. The molecule has 0 saturated carbocycles. The van der Waals surface area contributed by atoms with Crippen LogP contribution < -0.4 is 31.8 Å². The molecule has 1 aromatic heterocycles. The largest absolute Gasteiger partial charge is 1.00 e. The minimum absolute atomic E-state index is 0. The number of hydrogen-bond acceptors (Lipinski definition) is 1. The fourth-order valence-corrected chi connectivity index (χ4v) is 14.3. The van der Waals surface area contributed by atoms with Crippen LogP contribution in [-0.4, -0.2) is 0 Å². The average Bonchev–Trinajstić information content (AvgIpc) is 3.92. The van der Waals surface area contributed by atoms with Crippen LogP contribution in [0.5, 0.6) is 0 Å². The van der Waals surface area contributed by atoms with E-state index in [9.17, 15) is 0 Å². The van der Waals surface area contributed by atoms with Crippen molar-refractivity contribution in [3.8, 4) is 23.0 Å². The molecule has 314 valence electrons. The van der Waals surface area contributed by atoms with Crippen molar-refractivity contribution in [2.24, 2.45) is 0 Å². The summed E-state index contributed by atoms with van der Waals surface area (Å²) >= 11 is 0. The van der Waals surface area contributed by atoms with E-state index < -0.39 is 15.8 Å². The summed E-state index contributed by atoms with van der Waals surface area (Å²) in [5.41, 5.74) is 8.68. The predicted molar refractivity (Wildman–Crippen MR) is 268 cm³/mol. The van der Waals surface area contributed by atoms with Crippen LogP contribution in [0, 0.1) is 24.7 Å². The molecule has 0 aliphatic heterocycles. The number of hydrogen-bond donors (Lipinski definition) is 0. The molecule has 9 aromatic carbocycles. The molecule has 0 atom stereocenters. The summed E-state index contributed by atoms with van der Waals surface area (Å²) in [6.07, 6.45) is 15.3. The molecule has 1 aliphatic carbocycles. The molecule has 0 radical (unpaired) electrons. The Balaban J connectivity index is 0.000000159. The first kappa shape index (κ1) is 46.2. The summed E-state index contributed by atoms with van der Waals surface area (Å²) in [6.45, 7) is 0. The maximum Gasteiger partial charge on any atom is 1.00 e. The first-order chi connectivity index (χ1) is 30.7. The maximum absolute atomic E-state index is 7.14. The van der Waals surface area contributed by atoms with E-state index in [1.54, 1.807) is 0 Å². The Labute approximate surface area is 410 Å². The zero-order valence-corrected chi connectivity index (χ0v) is 41.0. The van der Waals surface area contributed by atoms with E-state index in [0.29, 0.717) is 0 Å². The minimum Gasteiger partial charge on any atom is -0.456 e. The van der Waals surface area contributed by atoms with E-state index >= 15 is 0 Å². The van der Waals surface area contributed by atoms with Gasteiger partial charge in [-0.05, 0) is 101 Å². The van der Waals surface area contributed by atoms with Crippen molar-refractivity contribution < 1.29 is 49.2 Å². The van der Waals surface area contributed by atoms with Crippen LogP contribution >= 0.6 is 15.8 Å². The molecule has 0 N–H and O–H groups in total. The van der Waals surface area contributed by atoms with E-state index in [1.807, 2.05) is 54.6 Å². The van der Waals surface area contributed by atoms with Crippen LogP contribution in [-0.2, 0) is 51.2 Å². The molecule has 0 unspecified atom stereocenters. The van der Waals surface area contributed by atoms with Crippen LogP contribution in [0.15, 0.2) is 235 Å². The fourth-order valence-electron chi connectivity index (χ4n) is 8.30. The summed E-state index contributed by atoms with van der Waals surface area (Å²) in [6, 6.07) is 81.5. The second kappa shape index (κ2) is 22.2. The van der Waals surface area contributed by atoms with Crippen LogP contribution in [0.1, 0.15) is 22.3 Å². The molecular weight excluding hydrogens is 1180 g/mol. The van der Waals surface area contributed by atoms with Gasteiger partial charge in [0.25, 0.3) is 0 Å². The van der Waals surface area contributed by atoms with Gasteiger partial charge < -0.3 is 17.3 Å². The Morgan fingerprint density at radius 2 is 0.766 bits per heavy atom. The monoisotopic (exact) mass is 1220 g/mol. The van der Waals surface area contributed by atoms with Gasteiger partial charge >= 0.3 is 44.8 Å². The second-order valence-electron chi connectivity index (χ2n) is 15.0. The molecule has 0 saturated heterocycles. The SMILES string of the molecule is [Au+].[Au+].[C-]#Cc1ccc2c(c1)-c1ccccc1C2.[C-]#Cc1ccc2oc3ccccc3c2c1.c1ccc([PH+](c2ccccc2)c2ccccc2[PH+](c2ccccc2)c2ccccc2)cc1. The molecule has 1 nitrogen and oxygen atoms in total. The van der Waals surface area contributed by atoms with E-state index in [0.717, 1.165) is 39.5 Å². The molecule has 1 heterocycles. The van der Waals surface area contributed by atoms with Gasteiger partial charge in [-0.3, -0.25) is 11.8 Å². The first-order valence-corrected chi connectivity index (χ1v) is 23.7. The van der Waals surface area contributed by atoms with Crippen LogP contribution in [0.3, 0.4) is 0 Å². The van der Waals surface area contributed by atoms with Crippen LogP contribution in [0.25, 0.3) is 33.1 Å². The molecule has 0 bridgehead atoms. The van der Waals surface area contributed by atoms with Gasteiger partial charge in [0.15, 0.2) is 0 Å². The van der Waals surface area contributed by atoms with E-state index in [1.165, 1.54) is 54.1 Å². The van der Waals surface area contributed by atoms with E-state index in [-0.39, 0.29) is 44.8 Å². The van der Waals surface area contributed by atoms with E-state index in [4.69, 9.17) is 17.3 Å². The number of furan rings is 1. The normalized spacial score (nSPS) is 10.8. The smallest absolute Gasteiger partial charge is 0.456 e. The quantitative estimate of drug-likeness (QED) is 0.0700. The molecule has 11 rings (SSSR count). The number of rotatable bonds is 6. The van der Waals surface area contributed by atoms with Crippen molar-refractivity contribution in [1.29, 1.82) is 0 Å². The minimum atomic E-state index is -1.14. The zero-order chi connectivity index (χ0) is 42.1. The number of benzene rings is 9. The van der Waals surface area contributed by atoms with Crippen molar-refractivity contribution in [1.82, 2.24) is 0 Å². The zero-order valence-electron chi connectivity index (χ0n) is 34.7. The van der Waals surface area contributed by atoms with Gasteiger partial charge in [0.1, 0.15) is 58.8 Å². The molecule has 0 spiro atoms. The maximum atomic E-state index is 7.14. The van der Waals surface area contributed by atoms with Gasteiger partial charge in [-0.25, -0.2) is 0 Å². The average molecular weight is 1220 g/mol. The van der Waals surface area contributed by atoms with Gasteiger partial charge in [0.2, 0.25) is 0 Å². The van der Waals surface area contributed by atoms with Gasteiger partial charge in [0.05, 0.1) is 0 Å². The topological polar surface area (TPSA) is 13.1 Å². The molecule has 0 amide bonds. The van der Waals surface area contributed by atoms with Crippen molar-refractivity contribution in [3.63, 3.8) is 0 Å². The van der Waals surface area contributed by atoms with Crippen LogP contribution in [0.4, 0.5) is 0 Å². The summed E-state index contributed by atoms with van der Waals surface area (Å²) in [4.78, 5) is 0. The van der Waals surface area contributed by atoms with Crippen molar-refractivity contribution in [3.05, 3.63) is 266 Å². The summed E-state index contributed by atoms with van der Waals surface area (Å²) < 4.78 is 5.66. The van der Waals surface area contributed by atoms with Crippen LogP contribution in [0.2, 0.25) is 0 Å².